The molecule has 5 N–H and O–H groups in total. The number of unbranched alkanes of at least 4 members (excludes halogenated alkanes) is 2. The monoisotopic (exact) mass is 233 g/mol. The molecule has 15 heavy (non-hydrogen) atoms. The molecular formula is C10H23N3OS. The molecule has 1 amide bonds. The second kappa shape index (κ2) is 10.3. The third-order valence-corrected chi connectivity index (χ3v) is 3.54. The molecule has 0 saturated heterocycles. The van der Waals surface area contributed by atoms with Gasteiger partial charge in [-0.3, -0.25) is 10.2 Å². The molecule has 4 nitrogen and oxygen atoms in total. The Balaban J connectivity index is 3.08. The molecule has 0 aliphatic rings. The molecule has 1 atom stereocenters. The number of hydrazine groups is 1. The van der Waals surface area contributed by atoms with Gasteiger partial charge in [-0.25, -0.2) is 5.84 Å². The van der Waals surface area contributed by atoms with E-state index < -0.39 is 0 Å². The molecule has 0 saturated carbocycles. The van der Waals surface area contributed by atoms with Crippen LogP contribution in [0, 0.1) is 5.92 Å². The standard InChI is InChI=1S/C10H23N3OS/c1-9(7-11)8-15-6-4-2-3-5-10(14)13-12/h9H,2-8,11-12H2,1H3,(H,13,14). The predicted molar refractivity (Wildman–Crippen MR) is 66.3 cm³/mol. The highest BCUT2D eigenvalue weighted by molar-refractivity contribution is 7.99. The Labute approximate surface area is 96.5 Å². The Hall–Kier alpha value is -0.260. The highest BCUT2D eigenvalue weighted by Crippen LogP contribution is 2.11. The van der Waals surface area contributed by atoms with Crippen molar-refractivity contribution in [1.82, 2.24) is 5.43 Å². The van der Waals surface area contributed by atoms with Gasteiger partial charge < -0.3 is 5.73 Å². The topological polar surface area (TPSA) is 81.1 Å². The van der Waals surface area contributed by atoms with Crippen LogP contribution in [0.2, 0.25) is 0 Å². The van der Waals surface area contributed by atoms with E-state index in [-0.39, 0.29) is 5.91 Å². The Morgan fingerprint density at radius 3 is 2.73 bits per heavy atom. The third kappa shape index (κ3) is 10.0. The van der Waals surface area contributed by atoms with Crippen molar-refractivity contribution in [2.75, 3.05) is 18.1 Å². The van der Waals surface area contributed by atoms with Crippen molar-refractivity contribution in [2.45, 2.75) is 32.6 Å². The van der Waals surface area contributed by atoms with Crippen molar-refractivity contribution >= 4 is 17.7 Å². The minimum absolute atomic E-state index is 0.0700. The van der Waals surface area contributed by atoms with E-state index in [1.54, 1.807) is 0 Å². The van der Waals surface area contributed by atoms with Crippen LogP contribution in [0.15, 0.2) is 0 Å². The second-order valence-electron chi connectivity index (χ2n) is 3.79. The van der Waals surface area contributed by atoms with Gasteiger partial charge in [0.2, 0.25) is 5.91 Å². The van der Waals surface area contributed by atoms with Crippen LogP contribution in [0.4, 0.5) is 0 Å². The summed E-state index contributed by atoms with van der Waals surface area (Å²) in [6.07, 6.45) is 3.73. The van der Waals surface area contributed by atoms with E-state index in [1.807, 2.05) is 11.8 Å². The summed E-state index contributed by atoms with van der Waals surface area (Å²) in [4.78, 5) is 10.8. The minimum atomic E-state index is -0.0700. The predicted octanol–water partition coefficient (Wildman–Crippen LogP) is 0.865. The molecule has 0 spiro atoms. The molecule has 0 aliphatic heterocycles. The maximum atomic E-state index is 10.8. The van der Waals surface area contributed by atoms with Crippen molar-refractivity contribution in [3.05, 3.63) is 0 Å². The number of amides is 1. The summed E-state index contributed by atoms with van der Waals surface area (Å²) in [6.45, 7) is 2.93. The summed E-state index contributed by atoms with van der Waals surface area (Å²) < 4.78 is 0. The zero-order chi connectivity index (χ0) is 11.5. The van der Waals surface area contributed by atoms with Crippen LogP contribution in [0.3, 0.4) is 0 Å². The van der Waals surface area contributed by atoms with Gasteiger partial charge in [0, 0.05) is 6.42 Å². The molecular weight excluding hydrogens is 210 g/mol. The van der Waals surface area contributed by atoms with Gasteiger partial charge in [-0.1, -0.05) is 13.3 Å². The Bertz CT molecular complexity index is 167. The number of carbonyl (C=O) groups is 1. The van der Waals surface area contributed by atoms with Crippen molar-refractivity contribution in [3.63, 3.8) is 0 Å². The van der Waals surface area contributed by atoms with E-state index >= 15 is 0 Å². The summed E-state index contributed by atoms with van der Waals surface area (Å²) >= 11 is 1.95. The van der Waals surface area contributed by atoms with Crippen LogP contribution in [0.25, 0.3) is 0 Å². The van der Waals surface area contributed by atoms with E-state index in [2.05, 4.69) is 12.3 Å². The summed E-state index contributed by atoms with van der Waals surface area (Å²) in [6, 6.07) is 0. The van der Waals surface area contributed by atoms with Gasteiger partial charge in [-0.05, 0) is 36.8 Å². The Kier molecular flexibility index (Phi) is 10.1. The molecule has 0 aromatic carbocycles. The molecule has 0 aliphatic carbocycles. The lowest BCUT2D eigenvalue weighted by molar-refractivity contribution is -0.121. The second-order valence-corrected chi connectivity index (χ2v) is 4.94. The first-order valence-electron chi connectivity index (χ1n) is 5.48. The maximum Gasteiger partial charge on any atom is 0.233 e. The van der Waals surface area contributed by atoms with Gasteiger partial charge in [0.25, 0.3) is 0 Å². The minimum Gasteiger partial charge on any atom is -0.330 e. The quantitative estimate of drug-likeness (QED) is 0.239. The van der Waals surface area contributed by atoms with E-state index in [4.69, 9.17) is 11.6 Å². The highest BCUT2D eigenvalue weighted by atomic mass is 32.2. The summed E-state index contributed by atoms with van der Waals surface area (Å²) in [5.41, 5.74) is 7.65. The van der Waals surface area contributed by atoms with Gasteiger partial charge in [-0.15, -0.1) is 0 Å². The number of carbonyl (C=O) groups excluding carboxylic acids is 1. The van der Waals surface area contributed by atoms with Gasteiger partial charge >= 0.3 is 0 Å². The van der Waals surface area contributed by atoms with Gasteiger partial charge in [0.15, 0.2) is 0 Å². The van der Waals surface area contributed by atoms with E-state index in [1.165, 1.54) is 6.42 Å². The summed E-state index contributed by atoms with van der Waals surface area (Å²) in [5.74, 6) is 7.81. The molecule has 0 bridgehead atoms. The number of nitrogens with two attached hydrogens (primary N) is 2. The average molecular weight is 233 g/mol. The van der Waals surface area contributed by atoms with E-state index in [0.29, 0.717) is 12.3 Å². The van der Waals surface area contributed by atoms with Crippen LogP contribution in [0.5, 0.6) is 0 Å². The normalized spacial score (nSPS) is 12.5. The molecule has 5 heteroatoms. The first kappa shape index (κ1) is 14.7. The van der Waals surface area contributed by atoms with Crippen LogP contribution in [-0.4, -0.2) is 24.0 Å². The fraction of sp³-hybridized carbons (Fsp3) is 0.900. The zero-order valence-corrected chi connectivity index (χ0v) is 10.3. The van der Waals surface area contributed by atoms with Crippen LogP contribution >= 0.6 is 11.8 Å². The molecule has 90 valence electrons. The van der Waals surface area contributed by atoms with E-state index in [0.717, 1.165) is 30.9 Å². The van der Waals surface area contributed by atoms with Crippen molar-refractivity contribution < 1.29 is 4.79 Å². The largest absolute Gasteiger partial charge is 0.330 e. The lowest BCUT2D eigenvalue weighted by Crippen LogP contribution is -2.29. The molecule has 0 radical (unpaired) electrons. The highest BCUT2D eigenvalue weighted by Gasteiger charge is 2.00. The van der Waals surface area contributed by atoms with Gasteiger partial charge in [-0.2, -0.15) is 11.8 Å². The summed E-state index contributed by atoms with van der Waals surface area (Å²) in [7, 11) is 0. The molecule has 1 unspecified atom stereocenters. The first-order valence-corrected chi connectivity index (χ1v) is 6.63. The van der Waals surface area contributed by atoms with Crippen LogP contribution in [-0.2, 0) is 4.79 Å². The average Bonchev–Trinajstić information content (AvgIpc) is 2.26. The van der Waals surface area contributed by atoms with Crippen LogP contribution in [0.1, 0.15) is 32.6 Å². The smallest absolute Gasteiger partial charge is 0.233 e. The van der Waals surface area contributed by atoms with E-state index in [9.17, 15) is 4.79 Å². The number of nitrogens with one attached hydrogen (secondary N) is 1. The van der Waals surface area contributed by atoms with Gasteiger partial charge in [0.05, 0.1) is 0 Å². The number of rotatable bonds is 9. The molecule has 0 aromatic heterocycles. The Morgan fingerprint density at radius 1 is 1.40 bits per heavy atom. The summed E-state index contributed by atoms with van der Waals surface area (Å²) in [5, 5.41) is 0. The van der Waals surface area contributed by atoms with Crippen LogP contribution < -0.4 is 17.0 Å². The lowest BCUT2D eigenvalue weighted by Gasteiger charge is -2.07. The first-order chi connectivity index (χ1) is 7.20. The van der Waals surface area contributed by atoms with Crippen molar-refractivity contribution in [2.24, 2.45) is 17.5 Å². The molecule has 0 rings (SSSR count). The van der Waals surface area contributed by atoms with Crippen molar-refractivity contribution in [3.8, 4) is 0 Å². The number of hydrogen-bond acceptors (Lipinski definition) is 4. The van der Waals surface area contributed by atoms with Crippen molar-refractivity contribution in [1.29, 1.82) is 0 Å². The zero-order valence-electron chi connectivity index (χ0n) is 9.50. The fourth-order valence-corrected chi connectivity index (χ4v) is 2.20. The third-order valence-electron chi connectivity index (χ3n) is 2.16. The number of hydrogen-bond donors (Lipinski definition) is 3. The van der Waals surface area contributed by atoms with Gasteiger partial charge in [0.1, 0.15) is 0 Å². The lowest BCUT2D eigenvalue weighted by atomic mass is 10.2. The number of thioether (sulfide) groups is 1. The molecule has 0 fully saturated rings. The fourth-order valence-electron chi connectivity index (χ4n) is 1.09. The SMILES string of the molecule is CC(CN)CSCCCCCC(=O)NN. The Morgan fingerprint density at radius 2 is 2.13 bits per heavy atom. The molecule has 0 heterocycles. The molecule has 0 aromatic rings. The maximum absolute atomic E-state index is 10.8.